The number of hydrogen-bond acceptors (Lipinski definition) is 3. The highest BCUT2D eigenvalue weighted by Gasteiger charge is 2.30. The Kier molecular flexibility index (Phi) is 5.74. The number of rotatable bonds is 8. The van der Waals surface area contributed by atoms with Crippen LogP contribution in [0, 0.1) is 6.92 Å². The van der Waals surface area contributed by atoms with Gasteiger partial charge in [0, 0.05) is 30.7 Å². The molecule has 0 aliphatic carbocycles. The molecule has 0 saturated heterocycles. The van der Waals surface area contributed by atoms with Gasteiger partial charge >= 0.3 is 6.18 Å². The second-order valence-electron chi connectivity index (χ2n) is 6.54. The van der Waals surface area contributed by atoms with Crippen LogP contribution < -0.4 is 10.1 Å². The van der Waals surface area contributed by atoms with Gasteiger partial charge in [0.1, 0.15) is 0 Å². The lowest BCUT2D eigenvalue weighted by Gasteiger charge is -2.12. The predicted octanol–water partition coefficient (Wildman–Crippen LogP) is 3.87. The molecule has 2 heterocycles. The number of alkyl halides is 3. The summed E-state index contributed by atoms with van der Waals surface area (Å²) in [6.07, 6.45) is -0.512. The van der Waals surface area contributed by atoms with Crippen molar-refractivity contribution in [3.63, 3.8) is 0 Å². The fourth-order valence-corrected chi connectivity index (χ4v) is 3.17. The quantitative estimate of drug-likeness (QED) is 0.583. The number of ether oxygens (including phenoxy) is 1. The highest BCUT2D eigenvalue weighted by molar-refractivity contribution is 5.82. The third kappa shape index (κ3) is 4.82. The van der Waals surface area contributed by atoms with Crippen LogP contribution in [0.2, 0.25) is 0 Å². The monoisotopic (exact) mass is 380 g/mol. The molecule has 0 radical (unpaired) electrons. The minimum Gasteiger partial charge on any atom is -0.468 e. The fourth-order valence-electron chi connectivity index (χ4n) is 3.17. The van der Waals surface area contributed by atoms with E-state index < -0.39 is 12.8 Å². The summed E-state index contributed by atoms with van der Waals surface area (Å²) in [6.45, 7) is 1.61. The van der Waals surface area contributed by atoms with E-state index in [0.29, 0.717) is 17.8 Å². The van der Waals surface area contributed by atoms with Gasteiger partial charge in [-0.3, -0.25) is 0 Å². The van der Waals surface area contributed by atoms with Crippen LogP contribution in [0.5, 0.6) is 5.88 Å². The highest BCUT2D eigenvalue weighted by atomic mass is 19.4. The molecule has 27 heavy (non-hydrogen) atoms. The summed E-state index contributed by atoms with van der Waals surface area (Å²) in [4.78, 5) is 3.26. The third-order valence-electron chi connectivity index (χ3n) is 4.44. The summed E-state index contributed by atoms with van der Waals surface area (Å²) >= 11 is 0. The summed E-state index contributed by atoms with van der Waals surface area (Å²) in [7, 11) is 1.58. The number of nitrogens with one attached hydrogen (secondary N) is 2. The minimum absolute atomic E-state index is 0.161. The van der Waals surface area contributed by atoms with Crippen molar-refractivity contribution in [2.75, 3.05) is 13.2 Å². The summed E-state index contributed by atoms with van der Waals surface area (Å²) in [6, 6.07) is 8.16. The lowest BCUT2D eigenvalue weighted by atomic mass is 10.1. The van der Waals surface area contributed by atoms with Crippen molar-refractivity contribution >= 4 is 10.9 Å². The molecule has 3 rings (SSSR count). The molecular weight excluding hydrogens is 357 g/mol. The maximum Gasteiger partial charge on any atom is 0.422 e. The molecule has 2 aromatic heterocycles. The van der Waals surface area contributed by atoms with E-state index in [0.717, 1.165) is 24.9 Å². The van der Waals surface area contributed by atoms with Crippen LogP contribution in [0.25, 0.3) is 10.9 Å². The van der Waals surface area contributed by atoms with Crippen molar-refractivity contribution in [3.8, 4) is 5.88 Å². The first-order valence-corrected chi connectivity index (χ1v) is 8.83. The van der Waals surface area contributed by atoms with E-state index in [4.69, 9.17) is 4.74 Å². The largest absolute Gasteiger partial charge is 0.468 e. The standard InChI is InChI=1S/C19H23F3N4O/c1-13-16(18(26(2)25-13)27-12-19(20,21)22)11-23-9-5-6-14-10-24-17-8-4-3-7-15(14)17/h3-4,7-8,10,23-24H,5-6,9,11-12H2,1-2H3. The highest BCUT2D eigenvalue weighted by Crippen LogP contribution is 2.24. The van der Waals surface area contributed by atoms with E-state index in [-0.39, 0.29) is 5.88 Å². The van der Waals surface area contributed by atoms with Gasteiger partial charge in [0.05, 0.1) is 11.3 Å². The molecule has 0 spiro atoms. The van der Waals surface area contributed by atoms with Gasteiger partial charge in [-0.1, -0.05) is 18.2 Å². The molecule has 0 fully saturated rings. The second kappa shape index (κ2) is 8.04. The normalized spacial score (nSPS) is 12.0. The number of hydrogen-bond donors (Lipinski definition) is 2. The molecule has 0 aliphatic rings. The molecular formula is C19H23F3N4O. The maximum atomic E-state index is 12.4. The van der Waals surface area contributed by atoms with Crippen molar-refractivity contribution in [2.45, 2.75) is 32.5 Å². The van der Waals surface area contributed by atoms with E-state index in [2.05, 4.69) is 21.5 Å². The zero-order valence-corrected chi connectivity index (χ0v) is 15.4. The fraction of sp³-hybridized carbons (Fsp3) is 0.421. The van der Waals surface area contributed by atoms with Gasteiger partial charge in [0.15, 0.2) is 6.61 Å². The molecule has 0 aliphatic heterocycles. The second-order valence-corrected chi connectivity index (χ2v) is 6.54. The summed E-state index contributed by atoms with van der Waals surface area (Å²) in [5.41, 5.74) is 3.71. The summed E-state index contributed by atoms with van der Waals surface area (Å²) < 4.78 is 43.6. The topological polar surface area (TPSA) is 54.9 Å². The van der Waals surface area contributed by atoms with E-state index in [1.54, 1.807) is 14.0 Å². The molecule has 3 aromatic rings. The number of aryl methyl sites for hydroxylation is 3. The molecule has 0 bridgehead atoms. The average Bonchev–Trinajstić information content (AvgIpc) is 3.13. The minimum atomic E-state index is -4.37. The van der Waals surface area contributed by atoms with Gasteiger partial charge in [-0.25, -0.2) is 4.68 Å². The van der Waals surface area contributed by atoms with E-state index in [1.165, 1.54) is 15.6 Å². The van der Waals surface area contributed by atoms with Crippen LogP contribution in [0.15, 0.2) is 30.5 Å². The number of fused-ring (bicyclic) bond motifs is 1. The average molecular weight is 380 g/mol. The molecule has 5 nitrogen and oxygen atoms in total. The summed E-state index contributed by atoms with van der Waals surface area (Å²) in [5.74, 6) is 0.161. The van der Waals surface area contributed by atoms with Crippen LogP contribution in [-0.4, -0.2) is 34.1 Å². The first-order valence-electron chi connectivity index (χ1n) is 8.83. The Morgan fingerprint density at radius 1 is 1.26 bits per heavy atom. The molecule has 8 heteroatoms. The molecule has 0 unspecified atom stereocenters. The van der Waals surface area contributed by atoms with Crippen molar-refractivity contribution in [2.24, 2.45) is 7.05 Å². The molecule has 146 valence electrons. The van der Waals surface area contributed by atoms with Gasteiger partial charge in [0.25, 0.3) is 0 Å². The van der Waals surface area contributed by atoms with Crippen molar-refractivity contribution in [1.82, 2.24) is 20.1 Å². The molecule has 0 atom stereocenters. The van der Waals surface area contributed by atoms with Crippen LogP contribution in [0.4, 0.5) is 13.2 Å². The van der Waals surface area contributed by atoms with Crippen LogP contribution >= 0.6 is 0 Å². The number of halogens is 3. The molecule has 0 saturated carbocycles. The SMILES string of the molecule is Cc1nn(C)c(OCC(F)(F)F)c1CNCCCc1c[nH]c2ccccc12. The first kappa shape index (κ1) is 19.3. The van der Waals surface area contributed by atoms with E-state index in [9.17, 15) is 13.2 Å². The smallest absolute Gasteiger partial charge is 0.422 e. The van der Waals surface area contributed by atoms with Gasteiger partial charge in [0.2, 0.25) is 5.88 Å². The number of aromatic nitrogens is 3. The van der Waals surface area contributed by atoms with Crippen LogP contribution in [0.1, 0.15) is 23.2 Å². The number of nitrogens with zero attached hydrogens (tertiary/aromatic N) is 2. The Bertz CT molecular complexity index is 898. The van der Waals surface area contributed by atoms with Crippen molar-refractivity contribution < 1.29 is 17.9 Å². The Morgan fingerprint density at radius 2 is 2.04 bits per heavy atom. The van der Waals surface area contributed by atoms with Gasteiger partial charge in [-0.15, -0.1) is 0 Å². The lowest BCUT2D eigenvalue weighted by Crippen LogP contribution is -2.22. The zero-order chi connectivity index (χ0) is 19.4. The van der Waals surface area contributed by atoms with E-state index >= 15 is 0 Å². The molecule has 1 aromatic carbocycles. The third-order valence-corrected chi connectivity index (χ3v) is 4.44. The zero-order valence-electron chi connectivity index (χ0n) is 15.4. The van der Waals surface area contributed by atoms with Gasteiger partial charge in [-0.2, -0.15) is 18.3 Å². The van der Waals surface area contributed by atoms with E-state index in [1.807, 2.05) is 24.4 Å². The van der Waals surface area contributed by atoms with Gasteiger partial charge < -0.3 is 15.0 Å². The number of aromatic amines is 1. The molecule has 2 N–H and O–H groups in total. The van der Waals surface area contributed by atoms with Crippen molar-refractivity contribution in [1.29, 1.82) is 0 Å². The maximum absolute atomic E-state index is 12.4. The predicted molar refractivity (Wildman–Crippen MR) is 97.8 cm³/mol. The first-order chi connectivity index (χ1) is 12.8. The lowest BCUT2D eigenvalue weighted by molar-refractivity contribution is -0.154. The Morgan fingerprint density at radius 3 is 2.81 bits per heavy atom. The Hall–Kier alpha value is -2.48. The van der Waals surface area contributed by atoms with Crippen molar-refractivity contribution in [3.05, 3.63) is 47.3 Å². The van der Waals surface area contributed by atoms with Gasteiger partial charge in [-0.05, 0) is 37.9 Å². The molecule has 0 amide bonds. The number of H-pyrrole nitrogens is 1. The number of para-hydroxylation sites is 1. The van der Waals surface area contributed by atoms with Crippen LogP contribution in [0.3, 0.4) is 0 Å². The Balaban J connectivity index is 1.51. The number of benzene rings is 1. The van der Waals surface area contributed by atoms with Crippen LogP contribution in [-0.2, 0) is 20.0 Å². The Labute approximate surface area is 155 Å². The summed E-state index contributed by atoms with van der Waals surface area (Å²) in [5, 5.41) is 8.67.